The zero-order valence-electron chi connectivity index (χ0n) is 23.1. The number of hydroxylamine groups is 2. The highest BCUT2D eigenvalue weighted by Gasteiger charge is 2.41. The van der Waals surface area contributed by atoms with Crippen molar-refractivity contribution in [3.8, 4) is 0 Å². The smallest absolute Gasteiger partial charge is 0.437 e. The van der Waals surface area contributed by atoms with Crippen molar-refractivity contribution in [1.82, 2.24) is 9.96 Å². The maximum absolute atomic E-state index is 13.0. The van der Waals surface area contributed by atoms with Gasteiger partial charge in [0.1, 0.15) is 12.6 Å². The first-order chi connectivity index (χ1) is 19.1. The van der Waals surface area contributed by atoms with Crippen molar-refractivity contribution in [2.45, 2.75) is 107 Å². The summed E-state index contributed by atoms with van der Waals surface area (Å²) in [5.74, 6) is 0.657. The van der Waals surface area contributed by atoms with Crippen molar-refractivity contribution in [2.24, 2.45) is 0 Å². The SMILES string of the molecule is CCCCCCCCCCCCSC(=O)[C@@H]1CC[C@@H](N(OCc2ccccc2)C(=O)OC(Cl)(Cl)Cl)CN1C(=O)O. The van der Waals surface area contributed by atoms with Crippen molar-refractivity contribution < 1.29 is 29.1 Å². The topological polar surface area (TPSA) is 96.4 Å². The monoisotopic (exact) mass is 638 g/mol. The van der Waals surface area contributed by atoms with Gasteiger partial charge in [0.2, 0.25) is 5.12 Å². The molecule has 0 radical (unpaired) electrons. The molecule has 0 saturated carbocycles. The second kappa shape index (κ2) is 18.9. The molecule has 0 aliphatic carbocycles. The van der Waals surface area contributed by atoms with Gasteiger partial charge in [-0.2, -0.15) is 5.06 Å². The molecule has 0 bridgehead atoms. The van der Waals surface area contributed by atoms with Crippen LogP contribution in [-0.2, 0) is 21.0 Å². The number of carbonyl (C=O) groups excluding carboxylic acids is 2. The molecule has 2 rings (SSSR count). The minimum absolute atomic E-state index is 0.0104. The average molecular weight is 640 g/mol. The number of likely N-dealkylation sites (tertiary alicyclic amines) is 1. The standard InChI is InChI=1S/C28H41Cl3N2O6S/c1-2-3-4-5-6-7-8-9-10-14-19-40-25(34)24-18-17-23(20-32(24)26(35)36)33(27(37)39-28(29,30)31)38-21-22-15-12-11-13-16-22/h11-13,15-16,23-24H,2-10,14,17-21H2,1H3,(H,35,36)/t23-,24+/m1/s1. The fourth-order valence-electron chi connectivity index (χ4n) is 4.63. The number of carbonyl (C=O) groups is 3. The van der Waals surface area contributed by atoms with Crippen LogP contribution in [-0.4, -0.2) is 60.7 Å². The summed E-state index contributed by atoms with van der Waals surface area (Å²) in [6.07, 6.45) is 10.3. The van der Waals surface area contributed by atoms with Crippen molar-refractivity contribution in [2.75, 3.05) is 12.3 Å². The number of hydrogen-bond donors (Lipinski definition) is 1. The first-order valence-corrected chi connectivity index (χ1v) is 16.2. The van der Waals surface area contributed by atoms with Crippen LogP contribution in [0.25, 0.3) is 0 Å². The van der Waals surface area contributed by atoms with Crippen molar-refractivity contribution >= 4 is 63.9 Å². The number of benzene rings is 1. The van der Waals surface area contributed by atoms with E-state index in [1.165, 1.54) is 56.7 Å². The van der Waals surface area contributed by atoms with E-state index in [1.54, 1.807) is 0 Å². The van der Waals surface area contributed by atoms with E-state index in [4.69, 9.17) is 44.4 Å². The van der Waals surface area contributed by atoms with E-state index in [0.717, 1.165) is 34.8 Å². The number of carboxylic acid groups (broad SMARTS) is 1. The molecular weight excluding hydrogens is 599 g/mol. The number of alkyl halides is 3. The molecule has 1 fully saturated rings. The summed E-state index contributed by atoms with van der Waals surface area (Å²) in [4.78, 5) is 44.6. The van der Waals surface area contributed by atoms with Gasteiger partial charge in [0, 0.05) is 12.3 Å². The van der Waals surface area contributed by atoms with Crippen molar-refractivity contribution in [3.63, 3.8) is 0 Å². The Morgan fingerprint density at radius 1 is 0.975 bits per heavy atom. The quantitative estimate of drug-likeness (QED) is 0.110. The maximum atomic E-state index is 13.0. The molecule has 12 heteroatoms. The van der Waals surface area contributed by atoms with Gasteiger partial charge in [-0.05, 0) is 59.6 Å². The Bertz CT molecular complexity index is 906. The Morgan fingerprint density at radius 3 is 2.15 bits per heavy atom. The van der Waals surface area contributed by atoms with Gasteiger partial charge >= 0.3 is 16.2 Å². The first-order valence-electron chi connectivity index (χ1n) is 14.0. The summed E-state index contributed by atoms with van der Waals surface area (Å²) in [6.45, 7) is 2.09. The molecule has 1 saturated heterocycles. The molecule has 8 nitrogen and oxygen atoms in total. The molecule has 0 aromatic heterocycles. The van der Waals surface area contributed by atoms with Crippen molar-refractivity contribution in [1.29, 1.82) is 0 Å². The van der Waals surface area contributed by atoms with Gasteiger partial charge in [-0.3, -0.25) is 14.5 Å². The van der Waals surface area contributed by atoms with Crippen molar-refractivity contribution in [3.05, 3.63) is 35.9 Å². The minimum atomic E-state index is -2.32. The number of piperidine rings is 1. The van der Waals surface area contributed by atoms with Crippen LogP contribution in [0.5, 0.6) is 0 Å². The molecule has 2 amide bonds. The van der Waals surface area contributed by atoms with E-state index in [9.17, 15) is 19.5 Å². The Labute approximate surface area is 256 Å². The maximum Gasteiger partial charge on any atom is 0.437 e. The lowest BCUT2D eigenvalue weighted by atomic mass is 9.99. The van der Waals surface area contributed by atoms with Gasteiger partial charge in [0.15, 0.2) is 0 Å². The fourth-order valence-corrected chi connectivity index (χ4v) is 5.81. The zero-order chi connectivity index (χ0) is 29.4. The summed E-state index contributed by atoms with van der Waals surface area (Å²) >= 11 is 18.1. The highest BCUT2D eigenvalue weighted by atomic mass is 35.6. The largest absolute Gasteiger partial charge is 0.465 e. The molecule has 40 heavy (non-hydrogen) atoms. The molecule has 1 aromatic carbocycles. The third-order valence-electron chi connectivity index (χ3n) is 6.74. The predicted molar refractivity (Wildman–Crippen MR) is 161 cm³/mol. The lowest BCUT2D eigenvalue weighted by Gasteiger charge is -2.40. The molecule has 1 aromatic rings. The van der Waals surface area contributed by atoms with E-state index in [1.807, 2.05) is 30.3 Å². The molecule has 1 aliphatic heterocycles. The number of thioether (sulfide) groups is 1. The summed E-state index contributed by atoms with van der Waals surface area (Å²) in [6, 6.07) is 7.55. The number of hydrogen-bond acceptors (Lipinski definition) is 6. The van der Waals surface area contributed by atoms with E-state index < -0.39 is 28.2 Å². The van der Waals surface area contributed by atoms with Crippen LogP contribution in [0.1, 0.15) is 89.5 Å². The highest BCUT2D eigenvalue weighted by Crippen LogP contribution is 2.31. The van der Waals surface area contributed by atoms with Gasteiger partial charge in [0.05, 0.1) is 6.04 Å². The summed E-state index contributed by atoms with van der Waals surface area (Å²) in [5, 5.41) is 10.6. The zero-order valence-corrected chi connectivity index (χ0v) is 26.2. The van der Waals surface area contributed by atoms with E-state index in [2.05, 4.69) is 6.92 Å². The lowest BCUT2D eigenvalue weighted by molar-refractivity contribution is -0.181. The molecule has 1 aliphatic rings. The van der Waals surface area contributed by atoms with E-state index in [-0.39, 0.29) is 24.7 Å². The van der Waals surface area contributed by atoms with E-state index >= 15 is 0 Å². The second-order valence-electron chi connectivity index (χ2n) is 9.93. The van der Waals surface area contributed by atoms with Gasteiger partial charge in [-0.25, -0.2) is 9.59 Å². The summed E-state index contributed by atoms with van der Waals surface area (Å²) < 4.78 is 2.53. The van der Waals surface area contributed by atoms with Crippen LogP contribution in [0.4, 0.5) is 9.59 Å². The van der Waals surface area contributed by atoms with Crippen LogP contribution in [0, 0.1) is 0 Å². The van der Waals surface area contributed by atoms with Crippen LogP contribution in [0.3, 0.4) is 0 Å². The Kier molecular flexibility index (Phi) is 16.5. The third-order valence-corrected chi connectivity index (χ3v) is 8.03. The van der Waals surface area contributed by atoms with E-state index in [0.29, 0.717) is 12.2 Å². The summed E-state index contributed by atoms with van der Waals surface area (Å²) in [5.41, 5.74) is 0.775. The van der Waals surface area contributed by atoms with Crippen LogP contribution in [0.15, 0.2) is 30.3 Å². The second-order valence-corrected chi connectivity index (χ2v) is 13.2. The van der Waals surface area contributed by atoms with Crippen LogP contribution < -0.4 is 0 Å². The molecule has 0 spiro atoms. The van der Waals surface area contributed by atoms with Crippen LogP contribution >= 0.6 is 46.6 Å². The molecule has 1 N–H and O–H groups in total. The number of ether oxygens (including phenoxy) is 1. The Balaban J connectivity index is 1.86. The lowest BCUT2D eigenvalue weighted by Crippen LogP contribution is -2.57. The number of unbranched alkanes of at least 4 members (excludes halogenated alkanes) is 9. The van der Waals surface area contributed by atoms with Gasteiger partial charge < -0.3 is 9.84 Å². The average Bonchev–Trinajstić information content (AvgIpc) is 2.91. The van der Waals surface area contributed by atoms with Gasteiger partial charge in [0.25, 0.3) is 0 Å². The van der Waals surface area contributed by atoms with Gasteiger partial charge in [-0.1, -0.05) is 107 Å². The molecule has 1 heterocycles. The number of rotatable bonds is 16. The summed E-state index contributed by atoms with van der Waals surface area (Å²) in [7, 11) is 0. The predicted octanol–water partition coefficient (Wildman–Crippen LogP) is 8.58. The minimum Gasteiger partial charge on any atom is -0.465 e. The van der Waals surface area contributed by atoms with Crippen LogP contribution in [0.2, 0.25) is 0 Å². The molecule has 226 valence electrons. The molecule has 2 atom stereocenters. The molecule has 0 unspecified atom stereocenters. The Morgan fingerprint density at radius 2 is 1.57 bits per heavy atom. The number of halogens is 3. The number of nitrogens with zero attached hydrogens (tertiary/aromatic N) is 2. The van der Waals surface area contributed by atoms with Gasteiger partial charge in [-0.15, -0.1) is 0 Å². The number of amides is 2. The third kappa shape index (κ3) is 13.5. The highest BCUT2D eigenvalue weighted by molar-refractivity contribution is 8.13. The molecular formula is C28H41Cl3N2O6S. The first kappa shape index (κ1) is 34.8. The Hall–Kier alpha value is -1.39. The normalized spacial score (nSPS) is 17.4. The fraction of sp³-hybridized carbons (Fsp3) is 0.679.